The average Bonchev–Trinajstić information content (AvgIpc) is 2.26. The number of amides is 1. The molecule has 1 aliphatic rings. The number of rotatable bonds is 4. The van der Waals surface area contributed by atoms with E-state index in [0.29, 0.717) is 0 Å². The molecule has 0 aromatic carbocycles. The third-order valence-electron chi connectivity index (χ3n) is 2.86. The van der Waals surface area contributed by atoms with Crippen molar-refractivity contribution in [1.29, 1.82) is 0 Å². The van der Waals surface area contributed by atoms with Crippen LogP contribution < -0.4 is 5.73 Å². The smallest absolute Gasteiger partial charge is 0.225 e. The topological polar surface area (TPSA) is 49.6 Å². The van der Waals surface area contributed by atoms with Gasteiger partial charge in [-0.25, -0.2) is 0 Å². The Morgan fingerprint density at radius 1 is 1.27 bits per heavy atom. The van der Waals surface area contributed by atoms with Crippen LogP contribution in [-0.2, 0) is 4.79 Å². The molecular weight excluding hydrogens is 190 g/mol. The summed E-state index contributed by atoms with van der Waals surface area (Å²) in [5.74, 6) is 0.411. The van der Waals surface area contributed by atoms with Crippen molar-refractivity contribution in [3.05, 3.63) is 0 Å². The Bertz CT molecular complexity index is 198. The predicted octanol–water partition coefficient (Wildman–Crippen LogP) is 0.135. The quantitative estimate of drug-likeness (QED) is 0.722. The number of carbonyl (C=O) groups is 1. The van der Waals surface area contributed by atoms with Crippen LogP contribution in [0.1, 0.15) is 20.3 Å². The van der Waals surface area contributed by atoms with E-state index < -0.39 is 0 Å². The van der Waals surface area contributed by atoms with Crippen LogP contribution in [0.4, 0.5) is 0 Å². The molecule has 2 N–H and O–H groups in total. The first kappa shape index (κ1) is 12.5. The van der Waals surface area contributed by atoms with Crippen LogP contribution in [0, 0.1) is 5.92 Å². The van der Waals surface area contributed by atoms with Crippen LogP contribution in [0.3, 0.4) is 0 Å². The first-order valence-electron chi connectivity index (χ1n) is 5.86. The van der Waals surface area contributed by atoms with Gasteiger partial charge in [0.05, 0.1) is 0 Å². The average molecular weight is 213 g/mol. The lowest BCUT2D eigenvalue weighted by Gasteiger charge is -2.35. The first-order valence-corrected chi connectivity index (χ1v) is 5.86. The first-order chi connectivity index (χ1) is 7.15. The number of nitrogens with two attached hydrogens (primary N) is 1. The van der Waals surface area contributed by atoms with Gasteiger partial charge in [-0.2, -0.15) is 0 Å². The Labute approximate surface area is 92.4 Å². The largest absolute Gasteiger partial charge is 0.340 e. The Morgan fingerprint density at radius 2 is 1.87 bits per heavy atom. The molecular formula is C11H23N3O. The Morgan fingerprint density at radius 3 is 2.33 bits per heavy atom. The minimum Gasteiger partial charge on any atom is -0.340 e. The molecule has 4 heteroatoms. The van der Waals surface area contributed by atoms with Crippen molar-refractivity contribution < 1.29 is 4.79 Å². The van der Waals surface area contributed by atoms with Crippen LogP contribution in [0.25, 0.3) is 0 Å². The molecule has 0 aromatic rings. The molecule has 1 saturated heterocycles. The van der Waals surface area contributed by atoms with Crippen molar-refractivity contribution in [2.75, 3.05) is 39.3 Å². The van der Waals surface area contributed by atoms with Gasteiger partial charge in [0.1, 0.15) is 0 Å². The lowest BCUT2D eigenvalue weighted by atomic mass is 10.1. The van der Waals surface area contributed by atoms with E-state index in [0.717, 1.165) is 45.7 Å². The van der Waals surface area contributed by atoms with E-state index in [-0.39, 0.29) is 11.8 Å². The highest BCUT2D eigenvalue weighted by Crippen LogP contribution is 2.07. The van der Waals surface area contributed by atoms with Crippen LogP contribution in [0.5, 0.6) is 0 Å². The summed E-state index contributed by atoms with van der Waals surface area (Å²) in [5, 5.41) is 0. The molecule has 0 radical (unpaired) electrons. The summed E-state index contributed by atoms with van der Waals surface area (Å²) in [6.45, 7) is 9.50. The van der Waals surface area contributed by atoms with E-state index in [9.17, 15) is 4.79 Å². The molecule has 0 saturated carbocycles. The van der Waals surface area contributed by atoms with Crippen LogP contribution >= 0.6 is 0 Å². The summed E-state index contributed by atoms with van der Waals surface area (Å²) in [6.07, 6.45) is 1.05. The van der Waals surface area contributed by atoms with Gasteiger partial charge in [0.15, 0.2) is 0 Å². The minimum atomic E-state index is 0.126. The predicted molar refractivity (Wildman–Crippen MR) is 61.5 cm³/mol. The molecule has 88 valence electrons. The molecule has 0 unspecified atom stereocenters. The molecule has 1 amide bonds. The Balaban J connectivity index is 2.26. The number of hydrogen-bond donors (Lipinski definition) is 1. The number of nitrogens with zero attached hydrogens (tertiary/aromatic N) is 2. The van der Waals surface area contributed by atoms with Gasteiger partial charge in [-0.3, -0.25) is 9.69 Å². The van der Waals surface area contributed by atoms with Crippen molar-refractivity contribution in [3.8, 4) is 0 Å². The highest BCUT2D eigenvalue weighted by Gasteiger charge is 2.22. The monoisotopic (exact) mass is 213 g/mol. The second-order valence-corrected chi connectivity index (χ2v) is 4.46. The van der Waals surface area contributed by atoms with Crippen LogP contribution in [0.15, 0.2) is 0 Å². The Kier molecular flexibility index (Phi) is 5.05. The van der Waals surface area contributed by atoms with Gasteiger partial charge in [-0.05, 0) is 19.5 Å². The molecule has 0 bridgehead atoms. The van der Waals surface area contributed by atoms with Gasteiger partial charge in [0.25, 0.3) is 0 Å². The molecule has 4 nitrogen and oxygen atoms in total. The fraction of sp³-hybridized carbons (Fsp3) is 0.909. The van der Waals surface area contributed by atoms with Gasteiger partial charge in [0.2, 0.25) is 5.91 Å². The van der Waals surface area contributed by atoms with E-state index in [1.54, 1.807) is 0 Å². The zero-order valence-electron chi connectivity index (χ0n) is 9.91. The van der Waals surface area contributed by atoms with E-state index >= 15 is 0 Å². The standard InChI is InChI=1S/C11H23N3O/c1-10(2)11(15)14-8-6-13(7-9-14)5-3-4-12/h10H,3-9,12H2,1-2H3. The second kappa shape index (κ2) is 6.08. The fourth-order valence-electron chi connectivity index (χ4n) is 1.87. The summed E-state index contributed by atoms with van der Waals surface area (Å²) < 4.78 is 0. The molecule has 0 spiro atoms. The number of piperazine rings is 1. The number of carbonyl (C=O) groups excluding carboxylic acids is 1. The maximum atomic E-state index is 11.7. The SMILES string of the molecule is CC(C)C(=O)N1CCN(CCCN)CC1. The third kappa shape index (κ3) is 3.80. The Hall–Kier alpha value is -0.610. The zero-order chi connectivity index (χ0) is 11.3. The van der Waals surface area contributed by atoms with Crippen LogP contribution in [0.2, 0.25) is 0 Å². The van der Waals surface area contributed by atoms with E-state index in [4.69, 9.17) is 5.73 Å². The third-order valence-corrected chi connectivity index (χ3v) is 2.86. The summed E-state index contributed by atoms with van der Waals surface area (Å²) in [7, 11) is 0. The van der Waals surface area contributed by atoms with Crippen molar-refractivity contribution in [2.24, 2.45) is 11.7 Å². The van der Waals surface area contributed by atoms with E-state index in [2.05, 4.69) is 4.90 Å². The fourth-order valence-corrected chi connectivity index (χ4v) is 1.87. The van der Waals surface area contributed by atoms with Gasteiger partial charge in [-0.1, -0.05) is 13.8 Å². The summed E-state index contributed by atoms with van der Waals surface area (Å²) in [5.41, 5.74) is 5.47. The van der Waals surface area contributed by atoms with Crippen molar-refractivity contribution in [1.82, 2.24) is 9.80 Å². The molecule has 1 aliphatic heterocycles. The molecule has 1 heterocycles. The second-order valence-electron chi connectivity index (χ2n) is 4.46. The normalized spacial score (nSPS) is 18.5. The van der Waals surface area contributed by atoms with E-state index in [1.165, 1.54) is 0 Å². The number of hydrogen-bond acceptors (Lipinski definition) is 3. The van der Waals surface area contributed by atoms with E-state index in [1.807, 2.05) is 18.7 Å². The van der Waals surface area contributed by atoms with Crippen molar-refractivity contribution >= 4 is 5.91 Å². The lowest BCUT2D eigenvalue weighted by Crippen LogP contribution is -2.50. The lowest BCUT2D eigenvalue weighted by molar-refractivity contribution is -0.136. The van der Waals surface area contributed by atoms with Gasteiger partial charge in [0, 0.05) is 32.1 Å². The molecule has 0 aromatic heterocycles. The minimum absolute atomic E-state index is 0.126. The maximum absolute atomic E-state index is 11.7. The van der Waals surface area contributed by atoms with Gasteiger partial charge < -0.3 is 10.6 Å². The van der Waals surface area contributed by atoms with Gasteiger partial charge >= 0.3 is 0 Å². The maximum Gasteiger partial charge on any atom is 0.225 e. The molecule has 1 fully saturated rings. The van der Waals surface area contributed by atoms with Crippen LogP contribution in [-0.4, -0.2) is 55.0 Å². The highest BCUT2D eigenvalue weighted by atomic mass is 16.2. The van der Waals surface area contributed by atoms with Crippen molar-refractivity contribution in [3.63, 3.8) is 0 Å². The summed E-state index contributed by atoms with van der Waals surface area (Å²) >= 11 is 0. The summed E-state index contributed by atoms with van der Waals surface area (Å²) in [6, 6.07) is 0. The zero-order valence-corrected chi connectivity index (χ0v) is 9.91. The summed E-state index contributed by atoms with van der Waals surface area (Å²) in [4.78, 5) is 16.1. The molecule has 0 aliphatic carbocycles. The molecule has 0 atom stereocenters. The van der Waals surface area contributed by atoms with Crippen molar-refractivity contribution in [2.45, 2.75) is 20.3 Å². The molecule has 1 rings (SSSR count). The highest BCUT2D eigenvalue weighted by molar-refractivity contribution is 5.78. The molecule has 15 heavy (non-hydrogen) atoms. The van der Waals surface area contributed by atoms with Gasteiger partial charge in [-0.15, -0.1) is 0 Å².